The monoisotopic (exact) mass is 306 g/mol. The molecule has 2 aromatic rings. The molecule has 1 unspecified atom stereocenters. The number of hydrogen-bond acceptors (Lipinski definition) is 2. The first-order chi connectivity index (χ1) is 8.65. The van der Waals surface area contributed by atoms with Crippen molar-refractivity contribution in [2.75, 3.05) is 0 Å². The summed E-state index contributed by atoms with van der Waals surface area (Å²) in [7, 11) is 0. The maximum atomic E-state index is 12.5. The molecule has 1 atom stereocenters. The van der Waals surface area contributed by atoms with E-state index in [9.17, 15) is 4.79 Å². The number of nitrogens with zero attached hydrogens (tertiary/aromatic N) is 2. The van der Waals surface area contributed by atoms with Crippen molar-refractivity contribution in [2.45, 2.75) is 32.7 Å². The Kier molecular flexibility index (Phi) is 2.98. The second-order valence-electron chi connectivity index (χ2n) is 5.08. The van der Waals surface area contributed by atoms with Crippen LogP contribution < -0.4 is 5.56 Å². The fraction of sp³-hybridized carbons (Fsp3) is 0.429. The average Bonchev–Trinajstić information content (AvgIpc) is 2.52. The van der Waals surface area contributed by atoms with Crippen LogP contribution in [-0.2, 0) is 13.0 Å². The van der Waals surface area contributed by atoms with Gasteiger partial charge >= 0.3 is 0 Å². The van der Waals surface area contributed by atoms with E-state index in [2.05, 4.69) is 27.8 Å². The van der Waals surface area contributed by atoms with Crippen LogP contribution in [0.5, 0.6) is 0 Å². The quantitative estimate of drug-likeness (QED) is 0.749. The van der Waals surface area contributed by atoms with E-state index >= 15 is 0 Å². The van der Waals surface area contributed by atoms with Crippen LogP contribution in [0.25, 0.3) is 10.9 Å². The van der Waals surface area contributed by atoms with Gasteiger partial charge < -0.3 is 0 Å². The van der Waals surface area contributed by atoms with Gasteiger partial charge in [-0.3, -0.25) is 9.36 Å². The molecule has 1 aliphatic rings. The first kappa shape index (κ1) is 11.9. The van der Waals surface area contributed by atoms with Crippen LogP contribution in [-0.4, -0.2) is 9.55 Å². The normalized spacial score (nSPS) is 19.6. The molecule has 0 radical (unpaired) electrons. The summed E-state index contributed by atoms with van der Waals surface area (Å²) in [6.07, 6.45) is 3.08. The predicted molar refractivity (Wildman–Crippen MR) is 75.8 cm³/mol. The number of fused-ring (bicyclic) bond motifs is 2. The highest BCUT2D eigenvalue weighted by molar-refractivity contribution is 9.10. The Morgan fingerprint density at radius 1 is 1.39 bits per heavy atom. The fourth-order valence-electron chi connectivity index (χ4n) is 2.53. The molecule has 0 amide bonds. The minimum absolute atomic E-state index is 0.108. The molecular formula is C14H15BrN2O. The zero-order valence-electron chi connectivity index (χ0n) is 10.3. The molecule has 0 saturated carbocycles. The van der Waals surface area contributed by atoms with Crippen molar-refractivity contribution in [1.82, 2.24) is 9.55 Å². The average molecular weight is 307 g/mol. The van der Waals surface area contributed by atoms with Gasteiger partial charge in [0.1, 0.15) is 5.82 Å². The Labute approximate surface area is 114 Å². The van der Waals surface area contributed by atoms with E-state index in [1.165, 1.54) is 0 Å². The molecule has 18 heavy (non-hydrogen) atoms. The standard InChI is InChI=1S/C14H15BrN2O/c1-9-2-5-13-16-12-8-10(15)3-4-11(12)14(18)17(13)7-6-9/h3-4,8-9H,2,5-7H2,1H3. The largest absolute Gasteiger partial charge is 0.296 e. The SMILES string of the molecule is CC1CCc2nc3cc(Br)ccc3c(=O)n2CC1. The zero-order valence-corrected chi connectivity index (χ0v) is 11.9. The highest BCUT2D eigenvalue weighted by Gasteiger charge is 2.16. The Morgan fingerprint density at radius 3 is 3.06 bits per heavy atom. The first-order valence-electron chi connectivity index (χ1n) is 6.34. The molecule has 0 spiro atoms. The van der Waals surface area contributed by atoms with Crippen molar-refractivity contribution in [1.29, 1.82) is 0 Å². The number of hydrogen-bond donors (Lipinski definition) is 0. The van der Waals surface area contributed by atoms with Crippen molar-refractivity contribution < 1.29 is 0 Å². The van der Waals surface area contributed by atoms with Gasteiger partial charge in [-0.05, 0) is 37.0 Å². The number of aryl methyl sites for hydroxylation is 1. The highest BCUT2D eigenvalue weighted by atomic mass is 79.9. The summed E-state index contributed by atoms with van der Waals surface area (Å²) in [5.41, 5.74) is 0.909. The van der Waals surface area contributed by atoms with Crippen LogP contribution in [0.2, 0.25) is 0 Å². The Bertz CT molecular complexity index is 663. The number of benzene rings is 1. The molecule has 0 N–H and O–H groups in total. The summed E-state index contributed by atoms with van der Waals surface area (Å²) in [4.78, 5) is 17.1. The summed E-state index contributed by atoms with van der Waals surface area (Å²) in [6, 6.07) is 5.68. The second kappa shape index (κ2) is 4.50. The van der Waals surface area contributed by atoms with Crippen molar-refractivity contribution in [3.8, 4) is 0 Å². The lowest BCUT2D eigenvalue weighted by Crippen LogP contribution is -2.24. The number of aromatic nitrogens is 2. The van der Waals surface area contributed by atoms with E-state index in [4.69, 9.17) is 0 Å². The van der Waals surface area contributed by atoms with E-state index in [-0.39, 0.29) is 5.56 Å². The summed E-state index contributed by atoms with van der Waals surface area (Å²) in [6.45, 7) is 3.04. The summed E-state index contributed by atoms with van der Waals surface area (Å²) in [5, 5.41) is 0.719. The van der Waals surface area contributed by atoms with Crippen LogP contribution >= 0.6 is 15.9 Å². The topological polar surface area (TPSA) is 34.9 Å². The van der Waals surface area contributed by atoms with E-state index in [1.807, 2.05) is 22.8 Å². The molecule has 1 aromatic heterocycles. The molecule has 0 bridgehead atoms. The van der Waals surface area contributed by atoms with Gasteiger partial charge in [0.15, 0.2) is 0 Å². The Morgan fingerprint density at radius 2 is 2.22 bits per heavy atom. The predicted octanol–water partition coefficient (Wildman–Crippen LogP) is 3.13. The lowest BCUT2D eigenvalue weighted by molar-refractivity contribution is 0.484. The second-order valence-corrected chi connectivity index (χ2v) is 5.99. The van der Waals surface area contributed by atoms with Gasteiger partial charge in [0.2, 0.25) is 0 Å². The van der Waals surface area contributed by atoms with Gasteiger partial charge in [-0.25, -0.2) is 4.98 Å². The summed E-state index contributed by atoms with van der Waals surface area (Å²) < 4.78 is 2.83. The van der Waals surface area contributed by atoms with Crippen LogP contribution in [0.4, 0.5) is 0 Å². The van der Waals surface area contributed by atoms with Gasteiger partial charge in [0.25, 0.3) is 5.56 Å². The van der Waals surface area contributed by atoms with Gasteiger partial charge in [0, 0.05) is 17.4 Å². The fourth-order valence-corrected chi connectivity index (χ4v) is 2.88. The van der Waals surface area contributed by atoms with Crippen LogP contribution in [0, 0.1) is 5.92 Å². The van der Waals surface area contributed by atoms with Crippen molar-refractivity contribution in [2.24, 2.45) is 5.92 Å². The number of halogens is 1. The van der Waals surface area contributed by atoms with E-state index < -0.39 is 0 Å². The van der Waals surface area contributed by atoms with E-state index in [0.29, 0.717) is 5.92 Å². The van der Waals surface area contributed by atoms with E-state index in [1.54, 1.807) is 0 Å². The molecule has 4 heteroatoms. The third-order valence-corrected chi connectivity index (χ3v) is 4.20. The molecule has 2 heterocycles. The third kappa shape index (κ3) is 1.99. The van der Waals surface area contributed by atoms with Gasteiger partial charge in [-0.1, -0.05) is 22.9 Å². The molecule has 1 aliphatic heterocycles. The minimum atomic E-state index is 0.108. The molecule has 0 fully saturated rings. The molecule has 0 aliphatic carbocycles. The van der Waals surface area contributed by atoms with Gasteiger partial charge in [-0.2, -0.15) is 0 Å². The van der Waals surface area contributed by atoms with Gasteiger partial charge in [-0.15, -0.1) is 0 Å². The first-order valence-corrected chi connectivity index (χ1v) is 7.13. The molecular weight excluding hydrogens is 292 g/mol. The maximum absolute atomic E-state index is 12.5. The molecule has 94 valence electrons. The Hall–Kier alpha value is -1.16. The van der Waals surface area contributed by atoms with Gasteiger partial charge in [0.05, 0.1) is 10.9 Å². The van der Waals surface area contributed by atoms with Crippen molar-refractivity contribution in [3.05, 3.63) is 38.9 Å². The molecule has 1 aromatic carbocycles. The van der Waals surface area contributed by atoms with Crippen molar-refractivity contribution in [3.63, 3.8) is 0 Å². The lowest BCUT2D eigenvalue weighted by atomic mass is 10.0. The smallest absolute Gasteiger partial charge is 0.261 e. The minimum Gasteiger partial charge on any atom is -0.296 e. The van der Waals surface area contributed by atoms with Crippen LogP contribution in [0.1, 0.15) is 25.6 Å². The third-order valence-electron chi connectivity index (χ3n) is 3.70. The van der Waals surface area contributed by atoms with Crippen LogP contribution in [0.3, 0.4) is 0 Å². The number of rotatable bonds is 0. The summed E-state index contributed by atoms with van der Waals surface area (Å²) >= 11 is 3.43. The van der Waals surface area contributed by atoms with E-state index in [0.717, 1.165) is 47.0 Å². The summed E-state index contributed by atoms with van der Waals surface area (Å²) in [5.74, 6) is 1.61. The Balaban J connectivity index is 2.26. The molecule has 3 rings (SSSR count). The van der Waals surface area contributed by atoms with Crippen LogP contribution in [0.15, 0.2) is 27.5 Å². The highest BCUT2D eigenvalue weighted by Crippen LogP contribution is 2.20. The lowest BCUT2D eigenvalue weighted by Gasteiger charge is -2.10. The molecule has 3 nitrogen and oxygen atoms in total. The zero-order chi connectivity index (χ0) is 12.7. The molecule has 0 saturated heterocycles. The van der Waals surface area contributed by atoms with Crippen molar-refractivity contribution >= 4 is 26.8 Å². The maximum Gasteiger partial charge on any atom is 0.261 e.